The van der Waals surface area contributed by atoms with Crippen LogP contribution in [0, 0.1) is 0 Å². The molecule has 70 valence electrons. The summed E-state index contributed by atoms with van der Waals surface area (Å²) in [7, 11) is 0. The van der Waals surface area contributed by atoms with Crippen molar-refractivity contribution in [3.05, 3.63) is 11.1 Å². The lowest BCUT2D eigenvalue weighted by atomic mass is 10.6. The lowest BCUT2D eigenvalue weighted by Crippen LogP contribution is -2.21. The number of anilines is 1. The van der Waals surface area contributed by atoms with E-state index in [0.29, 0.717) is 16.3 Å². The second-order valence-corrected chi connectivity index (χ2v) is 4.34. The second-order valence-electron chi connectivity index (χ2n) is 2.03. The van der Waals surface area contributed by atoms with E-state index in [-0.39, 0.29) is 0 Å². The number of aldehydes is 1. The maximum absolute atomic E-state index is 10.4. The number of carboxylic acids is 1. The van der Waals surface area contributed by atoms with Gasteiger partial charge in [-0.3, -0.25) is 4.79 Å². The minimum atomic E-state index is -0.969. The van der Waals surface area contributed by atoms with Crippen molar-refractivity contribution in [1.29, 1.82) is 0 Å². The van der Waals surface area contributed by atoms with Crippen molar-refractivity contribution in [2.45, 2.75) is 4.05 Å². The van der Waals surface area contributed by atoms with E-state index in [1.54, 1.807) is 22.6 Å². The molecule has 1 atom stereocenters. The molecule has 0 unspecified atom stereocenters. The largest absolute Gasteiger partial charge is 0.479 e. The van der Waals surface area contributed by atoms with Gasteiger partial charge in [-0.1, -0.05) is 11.3 Å². The molecule has 1 aromatic heterocycles. The number of nitrogens with zero attached hydrogens (tertiary/aromatic N) is 1. The maximum Gasteiger partial charge on any atom is 0.336 e. The molecule has 7 heteroatoms. The first-order chi connectivity index (χ1) is 6.13. The number of carboxylic acid groups (broad SMARTS) is 1. The van der Waals surface area contributed by atoms with E-state index in [1.165, 1.54) is 6.20 Å². The van der Waals surface area contributed by atoms with Crippen LogP contribution in [-0.4, -0.2) is 26.4 Å². The summed E-state index contributed by atoms with van der Waals surface area (Å²) in [5.74, 6) is -0.969. The SMILES string of the molecule is O=Cc1cnc(N[C@@H](I)C(=O)O)s1. The normalized spacial score (nSPS) is 12.1. The number of aliphatic carboxylic acids is 1. The Morgan fingerprint density at radius 2 is 2.54 bits per heavy atom. The van der Waals surface area contributed by atoms with Gasteiger partial charge in [0.1, 0.15) is 0 Å². The topological polar surface area (TPSA) is 79.3 Å². The van der Waals surface area contributed by atoms with Gasteiger partial charge < -0.3 is 10.4 Å². The van der Waals surface area contributed by atoms with Crippen molar-refractivity contribution >= 4 is 51.3 Å². The minimum Gasteiger partial charge on any atom is -0.479 e. The fourth-order valence-corrected chi connectivity index (χ4v) is 1.74. The van der Waals surface area contributed by atoms with Crippen LogP contribution in [-0.2, 0) is 4.79 Å². The van der Waals surface area contributed by atoms with E-state index in [4.69, 9.17) is 5.11 Å². The lowest BCUT2D eigenvalue weighted by molar-refractivity contribution is -0.135. The molecule has 0 fully saturated rings. The maximum atomic E-state index is 10.4. The Kier molecular flexibility index (Phi) is 3.60. The second kappa shape index (κ2) is 4.51. The zero-order valence-corrected chi connectivity index (χ0v) is 9.20. The molecule has 1 heterocycles. The molecule has 1 rings (SSSR count). The smallest absolute Gasteiger partial charge is 0.336 e. The third-order valence-corrected chi connectivity index (χ3v) is 2.80. The van der Waals surface area contributed by atoms with Gasteiger partial charge in [0.25, 0.3) is 0 Å². The Balaban J connectivity index is 2.63. The number of aromatic nitrogens is 1. The van der Waals surface area contributed by atoms with Crippen LogP contribution in [0.25, 0.3) is 0 Å². The molecular weight excluding hydrogens is 307 g/mol. The van der Waals surface area contributed by atoms with E-state index >= 15 is 0 Å². The number of hydrogen-bond donors (Lipinski definition) is 2. The van der Waals surface area contributed by atoms with Crippen LogP contribution in [0.3, 0.4) is 0 Å². The summed E-state index contributed by atoms with van der Waals surface area (Å²) in [4.78, 5) is 25.0. The summed E-state index contributed by atoms with van der Waals surface area (Å²) in [6.45, 7) is 0. The average Bonchev–Trinajstić information content (AvgIpc) is 2.52. The van der Waals surface area contributed by atoms with Crippen molar-refractivity contribution in [3.8, 4) is 0 Å². The Labute approximate surface area is 91.3 Å². The van der Waals surface area contributed by atoms with E-state index in [2.05, 4.69) is 10.3 Å². The Hall–Kier alpha value is -0.700. The van der Waals surface area contributed by atoms with Crippen LogP contribution < -0.4 is 5.32 Å². The monoisotopic (exact) mass is 312 g/mol. The van der Waals surface area contributed by atoms with Crippen LogP contribution in [0.4, 0.5) is 5.13 Å². The Morgan fingerprint density at radius 1 is 1.85 bits per heavy atom. The molecule has 1 aromatic rings. The van der Waals surface area contributed by atoms with Gasteiger partial charge >= 0.3 is 5.97 Å². The molecule has 0 bridgehead atoms. The van der Waals surface area contributed by atoms with Crippen LogP contribution in [0.1, 0.15) is 9.67 Å². The third kappa shape index (κ3) is 2.92. The molecule has 13 heavy (non-hydrogen) atoms. The third-order valence-electron chi connectivity index (χ3n) is 1.11. The first kappa shape index (κ1) is 10.4. The van der Waals surface area contributed by atoms with E-state index in [1.807, 2.05) is 0 Å². The molecule has 2 N–H and O–H groups in total. The molecule has 0 aromatic carbocycles. The summed E-state index contributed by atoms with van der Waals surface area (Å²) in [5, 5.41) is 11.6. The predicted molar refractivity (Wildman–Crippen MR) is 56.6 cm³/mol. The summed E-state index contributed by atoms with van der Waals surface area (Å²) in [6.07, 6.45) is 2.07. The molecule has 0 amide bonds. The number of nitrogens with one attached hydrogen (secondary N) is 1. The number of carbonyl (C=O) groups excluding carboxylic acids is 1. The zero-order chi connectivity index (χ0) is 9.84. The zero-order valence-electron chi connectivity index (χ0n) is 6.23. The molecule has 0 saturated carbocycles. The Morgan fingerprint density at radius 3 is 3.00 bits per heavy atom. The van der Waals surface area contributed by atoms with Gasteiger partial charge in [-0.05, 0) is 22.6 Å². The molecule has 0 spiro atoms. The molecule has 0 radical (unpaired) electrons. The number of alkyl halides is 1. The standard InChI is InChI=1S/C6H5IN2O3S/c7-4(5(11)12)9-6-8-1-3(2-10)13-6/h1-2,4H,(H,8,9)(H,11,12)/t4-/m1/s1. The van der Waals surface area contributed by atoms with Gasteiger partial charge in [-0.2, -0.15) is 0 Å². The van der Waals surface area contributed by atoms with E-state index in [9.17, 15) is 9.59 Å². The van der Waals surface area contributed by atoms with Gasteiger partial charge in [0, 0.05) is 0 Å². The summed E-state index contributed by atoms with van der Waals surface area (Å²) < 4.78 is -0.733. The highest BCUT2D eigenvalue weighted by Gasteiger charge is 2.13. The Bertz CT molecular complexity index is 327. The van der Waals surface area contributed by atoms with Gasteiger partial charge in [0.05, 0.1) is 11.1 Å². The number of rotatable bonds is 4. The van der Waals surface area contributed by atoms with Crippen molar-refractivity contribution in [1.82, 2.24) is 4.98 Å². The van der Waals surface area contributed by atoms with Crippen molar-refractivity contribution in [2.24, 2.45) is 0 Å². The van der Waals surface area contributed by atoms with Gasteiger partial charge in [0.15, 0.2) is 15.5 Å². The first-order valence-electron chi connectivity index (χ1n) is 3.18. The number of carbonyl (C=O) groups is 2. The molecular formula is C6H5IN2O3S. The number of thiazole rings is 1. The van der Waals surface area contributed by atoms with Crippen molar-refractivity contribution in [2.75, 3.05) is 5.32 Å². The summed E-state index contributed by atoms with van der Waals surface area (Å²) in [6, 6.07) is 0. The van der Waals surface area contributed by atoms with Crippen molar-refractivity contribution in [3.63, 3.8) is 0 Å². The van der Waals surface area contributed by atoms with Crippen LogP contribution in [0.15, 0.2) is 6.20 Å². The molecule has 0 saturated heterocycles. The first-order valence-corrected chi connectivity index (χ1v) is 5.24. The molecule has 0 aliphatic rings. The van der Waals surface area contributed by atoms with Gasteiger partial charge in [-0.15, -0.1) is 0 Å². The van der Waals surface area contributed by atoms with Crippen LogP contribution >= 0.6 is 33.9 Å². The van der Waals surface area contributed by atoms with Crippen molar-refractivity contribution < 1.29 is 14.7 Å². The average molecular weight is 312 g/mol. The fourth-order valence-electron chi connectivity index (χ4n) is 0.578. The quantitative estimate of drug-likeness (QED) is 0.378. The minimum absolute atomic E-state index is 0.434. The van der Waals surface area contributed by atoms with Gasteiger partial charge in [-0.25, -0.2) is 9.78 Å². The summed E-state index contributed by atoms with van der Waals surface area (Å²) in [5.41, 5.74) is 0. The van der Waals surface area contributed by atoms with E-state index < -0.39 is 10.0 Å². The molecule has 0 aliphatic carbocycles. The van der Waals surface area contributed by atoms with Crippen LogP contribution in [0.2, 0.25) is 0 Å². The highest BCUT2D eigenvalue weighted by molar-refractivity contribution is 14.1. The molecule has 5 nitrogen and oxygen atoms in total. The highest BCUT2D eigenvalue weighted by Crippen LogP contribution is 2.18. The molecule has 0 aliphatic heterocycles. The van der Waals surface area contributed by atoms with E-state index in [0.717, 1.165) is 11.3 Å². The number of halogens is 1. The summed E-state index contributed by atoms with van der Waals surface area (Å²) >= 11 is 2.84. The van der Waals surface area contributed by atoms with Gasteiger partial charge in [0.2, 0.25) is 0 Å². The highest BCUT2D eigenvalue weighted by atomic mass is 127. The fraction of sp³-hybridized carbons (Fsp3) is 0.167. The lowest BCUT2D eigenvalue weighted by Gasteiger charge is -2.03. The van der Waals surface area contributed by atoms with Crippen LogP contribution in [0.5, 0.6) is 0 Å². The predicted octanol–water partition coefficient (Wildman–Crippen LogP) is 1.21. The number of hydrogen-bond acceptors (Lipinski definition) is 5.